The van der Waals surface area contributed by atoms with Crippen LogP contribution in [0.2, 0.25) is 0 Å². The van der Waals surface area contributed by atoms with Crippen molar-refractivity contribution in [2.45, 2.75) is 14.4 Å². The van der Waals surface area contributed by atoms with Gasteiger partial charge in [-0.3, -0.25) is 0 Å². The topological polar surface area (TPSA) is 83.8 Å². The number of ether oxygens (including phenoxy) is 1. The molecule has 3 rings (SSSR count). The van der Waals surface area contributed by atoms with Crippen molar-refractivity contribution in [1.82, 2.24) is 0 Å². The Bertz CT molecular complexity index is 958. The lowest BCUT2D eigenvalue weighted by atomic mass is 10.2. The highest BCUT2D eigenvalue weighted by Gasteiger charge is 2.21. The molecule has 0 unspecified atom stereocenters. The molecule has 0 amide bonds. The van der Waals surface area contributed by atoms with Gasteiger partial charge in [-0.25, -0.2) is 9.59 Å². The molecule has 7 heteroatoms. The van der Waals surface area contributed by atoms with Crippen molar-refractivity contribution in [2.24, 2.45) is 0 Å². The van der Waals surface area contributed by atoms with E-state index in [0.717, 1.165) is 5.56 Å². The van der Waals surface area contributed by atoms with Crippen LogP contribution < -0.4 is 4.74 Å². The molecule has 148 valence electrons. The van der Waals surface area contributed by atoms with Gasteiger partial charge in [0.25, 0.3) is 0 Å². The Morgan fingerprint density at radius 2 is 1.21 bits per heavy atom. The number of benzene rings is 3. The van der Waals surface area contributed by atoms with Gasteiger partial charge < -0.3 is 14.9 Å². The van der Waals surface area contributed by atoms with Crippen LogP contribution in [0.4, 0.5) is 0 Å². The van der Waals surface area contributed by atoms with Crippen LogP contribution in [0.3, 0.4) is 0 Å². The molecule has 0 atom stereocenters. The summed E-state index contributed by atoms with van der Waals surface area (Å²) in [6, 6.07) is 21.0. The van der Waals surface area contributed by atoms with Gasteiger partial charge in [0.05, 0.1) is 22.8 Å². The van der Waals surface area contributed by atoms with Gasteiger partial charge in [0.2, 0.25) is 0 Å². The number of rotatable bonds is 8. The summed E-state index contributed by atoms with van der Waals surface area (Å²) >= 11 is 2.75. The first-order valence-electron chi connectivity index (χ1n) is 8.61. The highest BCUT2D eigenvalue weighted by molar-refractivity contribution is 8.16. The van der Waals surface area contributed by atoms with E-state index in [1.807, 2.05) is 24.3 Å². The second-order valence-electron chi connectivity index (χ2n) is 5.94. The smallest absolute Gasteiger partial charge is 0.336 e. The fourth-order valence-corrected chi connectivity index (χ4v) is 5.39. The quantitative estimate of drug-likeness (QED) is 0.354. The summed E-state index contributed by atoms with van der Waals surface area (Å²) in [6.45, 7) is 0. The second-order valence-corrected chi connectivity index (χ2v) is 8.54. The van der Waals surface area contributed by atoms with Gasteiger partial charge in [0.15, 0.2) is 0 Å². The van der Waals surface area contributed by atoms with E-state index in [2.05, 4.69) is 0 Å². The third-order valence-electron chi connectivity index (χ3n) is 4.09. The molecule has 0 spiro atoms. The lowest BCUT2D eigenvalue weighted by Gasteiger charge is -2.19. The molecule has 0 heterocycles. The lowest BCUT2D eigenvalue weighted by Crippen LogP contribution is -2.01. The van der Waals surface area contributed by atoms with Crippen molar-refractivity contribution >= 4 is 35.5 Å². The third-order valence-corrected chi connectivity index (χ3v) is 6.86. The molecular formula is C22H18O5S2. The maximum Gasteiger partial charge on any atom is 0.336 e. The Morgan fingerprint density at radius 1 is 0.759 bits per heavy atom. The molecule has 0 fully saturated rings. The van der Waals surface area contributed by atoms with Gasteiger partial charge in [0, 0.05) is 9.79 Å². The number of thioether (sulfide) groups is 2. The monoisotopic (exact) mass is 426 g/mol. The molecule has 0 aliphatic rings. The maximum atomic E-state index is 11.6. The minimum absolute atomic E-state index is 0.211. The van der Waals surface area contributed by atoms with Crippen molar-refractivity contribution in [3.05, 3.63) is 89.5 Å². The van der Waals surface area contributed by atoms with Crippen LogP contribution in [0.5, 0.6) is 5.75 Å². The summed E-state index contributed by atoms with van der Waals surface area (Å²) in [7, 11) is 1.59. The van der Waals surface area contributed by atoms with Crippen LogP contribution >= 0.6 is 23.5 Å². The average molecular weight is 427 g/mol. The van der Waals surface area contributed by atoms with Crippen molar-refractivity contribution in [3.8, 4) is 5.75 Å². The minimum atomic E-state index is -1.00. The molecule has 0 aromatic heterocycles. The predicted octanol–water partition coefficient (Wildman–Crippen LogP) is 5.67. The van der Waals surface area contributed by atoms with E-state index in [4.69, 9.17) is 4.74 Å². The Balaban J connectivity index is 2.01. The summed E-state index contributed by atoms with van der Waals surface area (Å²) in [5.74, 6) is -1.30. The molecule has 5 nitrogen and oxygen atoms in total. The van der Waals surface area contributed by atoms with Gasteiger partial charge in [-0.15, -0.1) is 23.5 Å². The first kappa shape index (κ1) is 20.8. The summed E-state index contributed by atoms with van der Waals surface area (Å²) in [4.78, 5) is 24.4. The van der Waals surface area contributed by atoms with Crippen LogP contribution in [-0.2, 0) is 0 Å². The van der Waals surface area contributed by atoms with Gasteiger partial charge in [-0.05, 0) is 42.0 Å². The molecule has 0 saturated heterocycles. The summed E-state index contributed by atoms with van der Waals surface area (Å²) in [5.41, 5.74) is 1.34. The second kappa shape index (κ2) is 9.54. The van der Waals surface area contributed by atoms with Crippen LogP contribution in [0, 0.1) is 0 Å². The van der Waals surface area contributed by atoms with E-state index >= 15 is 0 Å². The molecule has 29 heavy (non-hydrogen) atoms. The van der Waals surface area contributed by atoms with Gasteiger partial charge in [-0.2, -0.15) is 0 Å². The molecule has 0 bridgehead atoms. The molecule has 0 saturated carbocycles. The zero-order valence-electron chi connectivity index (χ0n) is 15.4. The van der Waals surface area contributed by atoms with Crippen molar-refractivity contribution in [3.63, 3.8) is 0 Å². The number of carbonyl (C=O) groups is 2. The summed E-state index contributed by atoms with van der Waals surface area (Å²) in [6.07, 6.45) is 0. The van der Waals surface area contributed by atoms with E-state index in [1.165, 1.54) is 23.5 Å². The highest BCUT2D eigenvalue weighted by Crippen LogP contribution is 2.48. The molecule has 3 aromatic carbocycles. The van der Waals surface area contributed by atoms with Crippen LogP contribution in [0.15, 0.2) is 82.6 Å². The van der Waals surface area contributed by atoms with Gasteiger partial charge in [-0.1, -0.05) is 36.4 Å². The van der Waals surface area contributed by atoms with Crippen LogP contribution in [0.25, 0.3) is 0 Å². The molecule has 3 aromatic rings. The minimum Gasteiger partial charge on any atom is -0.497 e. The number of carboxylic acids is 2. The number of hydrogen-bond acceptors (Lipinski definition) is 5. The highest BCUT2D eigenvalue weighted by atomic mass is 32.2. The number of aromatic carboxylic acids is 2. The fraction of sp³-hybridized carbons (Fsp3) is 0.0909. The zero-order chi connectivity index (χ0) is 20.8. The molecule has 0 radical (unpaired) electrons. The first-order chi connectivity index (χ1) is 14.0. The average Bonchev–Trinajstić information content (AvgIpc) is 2.74. The Kier molecular flexibility index (Phi) is 6.85. The predicted molar refractivity (Wildman–Crippen MR) is 114 cm³/mol. The van der Waals surface area contributed by atoms with Crippen LogP contribution in [0.1, 0.15) is 30.9 Å². The Morgan fingerprint density at radius 3 is 1.62 bits per heavy atom. The number of carboxylic acid groups (broad SMARTS) is 2. The van der Waals surface area contributed by atoms with E-state index in [9.17, 15) is 19.8 Å². The van der Waals surface area contributed by atoms with Crippen LogP contribution in [-0.4, -0.2) is 29.3 Å². The van der Waals surface area contributed by atoms with Crippen molar-refractivity contribution in [1.29, 1.82) is 0 Å². The van der Waals surface area contributed by atoms with Gasteiger partial charge >= 0.3 is 11.9 Å². The molecule has 0 aliphatic heterocycles. The lowest BCUT2D eigenvalue weighted by molar-refractivity contribution is 0.0682. The van der Waals surface area contributed by atoms with E-state index in [1.54, 1.807) is 55.6 Å². The molecule has 0 aliphatic carbocycles. The van der Waals surface area contributed by atoms with Crippen molar-refractivity contribution in [2.75, 3.05) is 7.11 Å². The van der Waals surface area contributed by atoms with Gasteiger partial charge in [0.1, 0.15) is 5.75 Å². The van der Waals surface area contributed by atoms with E-state index in [-0.39, 0.29) is 15.7 Å². The fourth-order valence-electron chi connectivity index (χ4n) is 2.64. The van der Waals surface area contributed by atoms with Crippen molar-refractivity contribution < 1.29 is 24.5 Å². The third kappa shape index (κ3) is 5.13. The van der Waals surface area contributed by atoms with E-state index in [0.29, 0.717) is 15.5 Å². The Hall–Kier alpha value is -2.90. The number of hydrogen-bond donors (Lipinski definition) is 2. The SMILES string of the molecule is COc1ccc(C(Sc2ccccc2C(=O)O)Sc2ccccc2C(=O)O)cc1. The zero-order valence-corrected chi connectivity index (χ0v) is 17.1. The Labute approximate surface area is 176 Å². The standard InChI is InChI=1S/C22H18O5S2/c1-27-15-12-10-14(11-13-15)22(28-18-8-4-2-6-16(18)20(23)24)29-19-9-5-3-7-17(19)21(25)26/h2-13,22H,1H3,(H,23,24)(H,25,26). The first-order valence-corrected chi connectivity index (χ1v) is 10.4. The maximum absolute atomic E-state index is 11.6. The molecular weight excluding hydrogens is 408 g/mol. The normalized spacial score (nSPS) is 10.7. The largest absolute Gasteiger partial charge is 0.497 e. The molecule has 2 N–H and O–H groups in total. The summed E-state index contributed by atoms with van der Waals surface area (Å²) in [5, 5.41) is 19.0. The number of methoxy groups -OCH3 is 1. The summed E-state index contributed by atoms with van der Waals surface area (Å²) < 4.78 is 4.96. The van der Waals surface area contributed by atoms with E-state index < -0.39 is 11.9 Å².